The van der Waals surface area contributed by atoms with Crippen LogP contribution in [-0.2, 0) is 7.05 Å². The lowest BCUT2D eigenvalue weighted by atomic mass is 9.94. The molecule has 2 aromatic heterocycles. The van der Waals surface area contributed by atoms with E-state index in [0.29, 0.717) is 0 Å². The second-order valence-electron chi connectivity index (χ2n) is 7.16. The highest BCUT2D eigenvalue weighted by Crippen LogP contribution is 2.24. The Kier molecular flexibility index (Phi) is 9.92. The first-order chi connectivity index (χ1) is 13.0. The van der Waals surface area contributed by atoms with Crippen molar-refractivity contribution in [3.05, 3.63) is 42.2 Å². The molecule has 0 fully saturated rings. The highest BCUT2D eigenvalue weighted by Gasteiger charge is 2.11. The maximum absolute atomic E-state index is 5.60. The van der Waals surface area contributed by atoms with E-state index >= 15 is 0 Å². The van der Waals surface area contributed by atoms with Gasteiger partial charge in [0, 0.05) is 7.05 Å². The molecule has 3 heteroatoms. The molecule has 0 saturated carbocycles. The van der Waals surface area contributed by atoms with Gasteiger partial charge in [-0.25, -0.2) is 4.98 Å². The lowest BCUT2D eigenvalue weighted by Crippen LogP contribution is -2.00. The average molecular weight is 371 g/mol. The molecule has 3 aromatic rings. The Morgan fingerprint density at radius 1 is 0.963 bits per heavy atom. The van der Waals surface area contributed by atoms with E-state index in [9.17, 15) is 0 Å². The van der Waals surface area contributed by atoms with E-state index in [1.54, 1.807) is 0 Å². The summed E-state index contributed by atoms with van der Waals surface area (Å²) in [5.41, 5.74) is 2.11. The van der Waals surface area contributed by atoms with Gasteiger partial charge in [-0.3, -0.25) is 0 Å². The van der Waals surface area contributed by atoms with Crippen molar-refractivity contribution in [3.8, 4) is 11.6 Å². The van der Waals surface area contributed by atoms with Crippen LogP contribution in [0.4, 0.5) is 0 Å². The molecule has 0 aliphatic heterocycles. The third-order valence-corrected chi connectivity index (χ3v) is 4.95. The minimum Gasteiger partial charge on any atom is -0.458 e. The molecule has 1 aromatic carbocycles. The van der Waals surface area contributed by atoms with Crippen LogP contribution in [0.2, 0.25) is 0 Å². The molecule has 2 heterocycles. The lowest BCUT2D eigenvalue weighted by molar-refractivity contribution is 0.397. The number of rotatable bonds is 5. The highest BCUT2D eigenvalue weighted by molar-refractivity contribution is 5.79. The molecular formula is C24H38N2O. The van der Waals surface area contributed by atoms with Gasteiger partial charge in [0.25, 0.3) is 0 Å². The second kappa shape index (κ2) is 11.6. The minimum atomic E-state index is 0.816. The zero-order valence-electron chi connectivity index (χ0n) is 18.5. The number of furan rings is 1. The van der Waals surface area contributed by atoms with E-state index in [4.69, 9.17) is 4.42 Å². The number of para-hydroxylation sites is 2. The van der Waals surface area contributed by atoms with Crippen molar-refractivity contribution in [2.45, 2.75) is 67.7 Å². The molecule has 150 valence electrons. The first-order valence-electron chi connectivity index (χ1n) is 10.4. The lowest BCUT2D eigenvalue weighted by Gasteiger charge is -2.12. The van der Waals surface area contributed by atoms with Crippen molar-refractivity contribution in [2.24, 2.45) is 18.9 Å². The molecule has 0 N–H and O–H groups in total. The van der Waals surface area contributed by atoms with Crippen molar-refractivity contribution >= 4 is 11.0 Å². The molecular weight excluding hydrogens is 332 g/mol. The normalized spacial score (nSPS) is 12.6. The van der Waals surface area contributed by atoms with Gasteiger partial charge in [0.1, 0.15) is 5.76 Å². The van der Waals surface area contributed by atoms with Gasteiger partial charge >= 0.3 is 0 Å². The van der Waals surface area contributed by atoms with Gasteiger partial charge < -0.3 is 8.98 Å². The van der Waals surface area contributed by atoms with Gasteiger partial charge in [0.2, 0.25) is 0 Å². The van der Waals surface area contributed by atoms with Gasteiger partial charge in [-0.05, 0) is 49.4 Å². The molecule has 3 nitrogen and oxygen atoms in total. The van der Waals surface area contributed by atoms with E-state index in [-0.39, 0.29) is 0 Å². The van der Waals surface area contributed by atoms with E-state index in [1.807, 2.05) is 62.7 Å². The van der Waals surface area contributed by atoms with Crippen molar-refractivity contribution in [2.75, 3.05) is 0 Å². The fourth-order valence-electron chi connectivity index (χ4n) is 2.94. The third-order valence-electron chi connectivity index (χ3n) is 4.95. The highest BCUT2D eigenvalue weighted by atomic mass is 16.3. The molecule has 27 heavy (non-hydrogen) atoms. The van der Waals surface area contributed by atoms with Crippen LogP contribution in [-0.4, -0.2) is 9.55 Å². The third kappa shape index (κ3) is 6.57. The van der Waals surface area contributed by atoms with Gasteiger partial charge in [0.15, 0.2) is 11.6 Å². The van der Waals surface area contributed by atoms with Crippen molar-refractivity contribution in [1.82, 2.24) is 9.55 Å². The number of imidazole rings is 1. The summed E-state index contributed by atoms with van der Waals surface area (Å²) in [4.78, 5) is 4.57. The molecule has 3 rings (SSSR count). The van der Waals surface area contributed by atoms with Gasteiger partial charge in [0.05, 0.1) is 11.0 Å². The standard InChI is InChI=1S/C13H12N2O.C9H20.C2H6/c1-9-7-8-12(16-9)13-14-10-5-3-4-6-11(10)15(13)2;1-5-8(3)7-9(4)6-2;1-2/h3-8H,1-2H3;8-9H,5-7H2,1-4H3;1-2H3. The Bertz CT molecular complexity index is 777. The summed E-state index contributed by atoms with van der Waals surface area (Å²) in [5, 5.41) is 0. The Balaban J connectivity index is 0.000000286. The molecule has 0 amide bonds. The SMILES string of the molecule is CC.CCC(C)CC(C)CC.Cc1ccc(-c2nc3ccccc3n2C)o1. The van der Waals surface area contributed by atoms with Crippen molar-refractivity contribution < 1.29 is 4.42 Å². The number of aryl methyl sites for hydroxylation is 2. The predicted molar refractivity (Wildman–Crippen MR) is 118 cm³/mol. The van der Waals surface area contributed by atoms with Crippen LogP contribution >= 0.6 is 0 Å². The number of aromatic nitrogens is 2. The molecule has 0 bridgehead atoms. The summed E-state index contributed by atoms with van der Waals surface area (Å²) in [6, 6.07) is 12.0. The van der Waals surface area contributed by atoms with Crippen molar-refractivity contribution in [1.29, 1.82) is 0 Å². The number of hydrogen-bond donors (Lipinski definition) is 0. The molecule has 0 aliphatic carbocycles. The number of benzene rings is 1. The summed E-state index contributed by atoms with van der Waals surface area (Å²) < 4.78 is 7.65. The topological polar surface area (TPSA) is 31.0 Å². The summed E-state index contributed by atoms with van der Waals surface area (Å²) in [7, 11) is 2.00. The summed E-state index contributed by atoms with van der Waals surface area (Å²) in [5.74, 6) is 4.45. The summed E-state index contributed by atoms with van der Waals surface area (Å²) in [6.45, 7) is 15.2. The first kappa shape index (κ1) is 23.0. The number of hydrogen-bond acceptors (Lipinski definition) is 2. The molecule has 0 aliphatic rings. The van der Waals surface area contributed by atoms with E-state index in [0.717, 1.165) is 40.2 Å². The van der Waals surface area contributed by atoms with Crippen molar-refractivity contribution in [3.63, 3.8) is 0 Å². The van der Waals surface area contributed by atoms with Crippen LogP contribution in [0.25, 0.3) is 22.6 Å². The van der Waals surface area contributed by atoms with E-state index in [2.05, 4.69) is 38.7 Å². The number of fused-ring (bicyclic) bond motifs is 1. The number of nitrogens with zero attached hydrogens (tertiary/aromatic N) is 2. The minimum absolute atomic E-state index is 0.816. The molecule has 2 unspecified atom stereocenters. The van der Waals surface area contributed by atoms with Crippen LogP contribution in [0, 0.1) is 18.8 Å². The maximum Gasteiger partial charge on any atom is 0.176 e. The van der Waals surface area contributed by atoms with E-state index in [1.165, 1.54) is 19.3 Å². The van der Waals surface area contributed by atoms with Crippen LogP contribution in [0.15, 0.2) is 40.8 Å². The molecule has 0 radical (unpaired) electrons. The Hall–Kier alpha value is -2.03. The van der Waals surface area contributed by atoms with Gasteiger partial charge in [-0.2, -0.15) is 0 Å². The quantitative estimate of drug-likeness (QED) is 0.462. The van der Waals surface area contributed by atoms with Gasteiger partial charge in [-0.15, -0.1) is 0 Å². The fourth-order valence-corrected chi connectivity index (χ4v) is 2.94. The Labute approximate surface area is 165 Å². The van der Waals surface area contributed by atoms with Crippen LogP contribution < -0.4 is 0 Å². The predicted octanol–water partition coefficient (Wildman–Crippen LogP) is 7.64. The second-order valence-corrected chi connectivity index (χ2v) is 7.16. The van der Waals surface area contributed by atoms with E-state index < -0.39 is 0 Å². The Morgan fingerprint density at radius 2 is 1.56 bits per heavy atom. The molecule has 2 atom stereocenters. The van der Waals surface area contributed by atoms with Crippen LogP contribution in [0.3, 0.4) is 0 Å². The molecule has 0 spiro atoms. The zero-order valence-corrected chi connectivity index (χ0v) is 18.5. The molecule has 0 saturated heterocycles. The summed E-state index contributed by atoms with van der Waals surface area (Å²) in [6.07, 6.45) is 4.08. The smallest absolute Gasteiger partial charge is 0.176 e. The Morgan fingerprint density at radius 3 is 2.04 bits per heavy atom. The van der Waals surface area contributed by atoms with Gasteiger partial charge in [-0.1, -0.05) is 66.5 Å². The van der Waals surface area contributed by atoms with Crippen LogP contribution in [0.5, 0.6) is 0 Å². The fraction of sp³-hybridized carbons (Fsp3) is 0.542. The first-order valence-corrected chi connectivity index (χ1v) is 10.4. The summed E-state index contributed by atoms with van der Waals surface area (Å²) >= 11 is 0. The maximum atomic E-state index is 5.60. The monoisotopic (exact) mass is 370 g/mol. The zero-order chi connectivity index (χ0) is 20.4. The average Bonchev–Trinajstić information content (AvgIpc) is 3.27. The van der Waals surface area contributed by atoms with Crippen LogP contribution in [0.1, 0.15) is 66.6 Å². The largest absolute Gasteiger partial charge is 0.458 e.